The van der Waals surface area contributed by atoms with Gasteiger partial charge >= 0.3 is 0 Å². The fraction of sp³-hybridized carbons (Fsp3) is 0.569. The van der Waals surface area contributed by atoms with Gasteiger partial charge in [0.25, 0.3) is 0 Å². The summed E-state index contributed by atoms with van der Waals surface area (Å²) >= 11 is 0. The average molecular weight is 1030 g/mol. The van der Waals surface area contributed by atoms with Gasteiger partial charge in [-0.05, 0) is 73.2 Å². The molecular weight excluding hydrogens is 955 g/mol. The predicted molar refractivity (Wildman–Crippen MR) is 277 cm³/mol. The van der Waals surface area contributed by atoms with Crippen molar-refractivity contribution >= 4 is 59.1 Å². The van der Waals surface area contributed by atoms with E-state index in [4.69, 9.17) is 22.9 Å². The first-order valence-electron chi connectivity index (χ1n) is 25.4. The normalized spacial score (nSPS) is 14.9. The Bertz CT molecular complexity index is 2190. The quantitative estimate of drug-likeness (QED) is 0.0388. The Labute approximate surface area is 433 Å². The van der Waals surface area contributed by atoms with Crippen molar-refractivity contribution < 1.29 is 47.9 Å². The van der Waals surface area contributed by atoms with Crippen molar-refractivity contribution in [2.45, 2.75) is 128 Å². The van der Waals surface area contributed by atoms with E-state index in [1.807, 2.05) is 68.4 Å². The van der Waals surface area contributed by atoms with Gasteiger partial charge in [-0.1, -0.05) is 114 Å². The molecule has 3 rings (SSSR count). The van der Waals surface area contributed by atoms with Gasteiger partial charge in [0.2, 0.25) is 59.1 Å². The second kappa shape index (κ2) is 32.3. The zero-order valence-electron chi connectivity index (χ0n) is 43.1. The van der Waals surface area contributed by atoms with Crippen LogP contribution in [0.15, 0.2) is 54.6 Å². The summed E-state index contributed by atoms with van der Waals surface area (Å²) in [5.41, 5.74) is 25.5. The van der Waals surface area contributed by atoms with Gasteiger partial charge in [-0.15, -0.1) is 0 Å². The zero-order chi connectivity index (χ0) is 54.7. The van der Waals surface area contributed by atoms with Crippen LogP contribution in [0.4, 0.5) is 0 Å². The van der Waals surface area contributed by atoms with Crippen LogP contribution in [0.3, 0.4) is 0 Å². The highest BCUT2D eigenvalue weighted by Gasteiger charge is 2.33. The maximum atomic E-state index is 13.9. The lowest BCUT2D eigenvalue weighted by Crippen LogP contribution is -2.59. The standard InChI is InChI=1S/C51H79N13O10/c1-30(2)23-39(48(71)57-26-41(55)65)63-51(74)45(31(3)4)64-49(72)38(20-22-53)60-43(67)28-56-42(66)27-59-47(70)37(19-21-52)62-50(73)40(25-33-15-17-35(18-16-33)34-13-9-6-10-14-34)61-44(68)29-58-46(69)36(54)24-32-11-7-5-8-12-32/h6,9-10,13-18,30-32,36-40,45H,5,7-8,11-12,19-29,52-54H2,1-4H3,(H2,55,65)(H,56,66)(H,57,71)(H,58,69)(H,59,70)(H,60,67)(H,61,68)(H,62,73)(H,63,74)(H,64,72)/t36?,37-,38-,39-,40-,45?/m0/s1. The van der Waals surface area contributed by atoms with Crippen molar-refractivity contribution in [2.75, 3.05) is 39.3 Å². The monoisotopic (exact) mass is 1030 g/mol. The minimum atomic E-state index is -1.26. The number of hydrogen-bond donors (Lipinski definition) is 13. The summed E-state index contributed by atoms with van der Waals surface area (Å²) in [5, 5.41) is 22.7. The molecule has 23 heteroatoms. The van der Waals surface area contributed by atoms with E-state index in [0.29, 0.717) is 17.9 Å². The van der Waals surface area contributed by atoms with Crippen LogP contribution in [0.25, 0.3) is 11.1 Å². The Morgan fingerprint density at radius 1 is 0.527 bits per heavy atom. The van der Waals surface area contributed by atoms with Crippen LogP contribution in [0.5, 0.6) is 0 Å². The van der Waals surface area contributed by atoms with E-state index >= 15 is 0 Å². The summed E-state index contributed by atoms with van der Waals surface area (Å²) in [7, 11) is 0. The van der Waals surface area contributed by atoms with E-state index in [1.165, 1.54) is 0 Å². The predicted octanol–water partition coefficient (Wildman–Crippen LogP) is -2.03. The fourth-order valence-electron chi connectivity index (χ4n) is 8.31. The molecule has 10 amide bonds. The molecule has 0 aliphatic heterocycles. The van der Waals surface area contributed by atoms with Crippen molar-refractivity contribution in [3.8, 4) is 11.1 Å². The Morgan fingerprint density at radius 3 is 1.61 bits per heavy atom. The average Bonchev–Trinajstić information content (AvgIpc) is 3.37. The van der Waals surface area contributed by atoms with Crippen LogP contribution in [-0.4, -0.2) is 135 Å². The van der Waals surface area contributed by atoms with Crippen LogP contribution >= 0.6 is 0 Å². The van der Waals surface area contributed by atoms with Gasteiger partial charge in [0.15, 0.2) is 0 Å². The Balaban J connectivity index is 1.61. The Kier molecular flexibility index (Phi) is 26.7. The molecule has 408 valence electrons. The van der Waals surface area contributed by atoms with Crippen LogP contribution in [0, 0.1) is 17.8 Å². The number of hydrogen-bond acceptors (Lipinski definition) is 13. The number of primary amides is 1. The minimum Gasteiger partial charge on any atom is -0.368 e. The largest absolute Gasteiger partial charge is 0.368 e. The highest BCUT2D eigenvalue weighted by atomic mass is 16.2. The van der Waals surface area contributed by atoms with E-state index in [0.717, 1.165) is 43.2 Å². The van der Waals surface area contributed by atoms with Crippen LogP contribution in [0.1, 0.15) is 91.0 Å². The first kappa shape index (κ1) is 61.3. The Morgan fingerprint density at radius 2 is 1.03 bits per heavy atom. The molecule has 2 aromatic rings. The number of amides is 10. The lowest BCUT2D eigenvalue weighted by atomic mass is 9.85. The van der Waals surface area contributed by atoms with Gasteiger partial charge in [-0.3, -0.25) is 47.9 Å². The summed E-state index contributed by atoms with van der Waals surface area (Å²) in [4.78, 5) is 130. The molecule has 2 unspecified atom stereocenters. The molecule has 0 bridgehead atoms. The molecular formula is C51H79N13O10. The maximum Gasteiger partial charge on any atom is 0.243 e. The summed E-state index contributed by atoms with van der Waals surface area (Å²) in [6, 6.07) is 10.3. The Hall–Kier alpha value is -6.98. The van der Waals surface area contributed by atoms with E-state index in [1.54, 1.807) is 13.8 Å². The van der Waals surface area contributed by atoms with E-state index in [-0.39, 0.29) is 44.7 Å². The molecule has 0 aromatic heterocycles. The van der Waals surface area contributed by atoms with Crippen molar-refractivity contribution in [1.29, 1.82) is 0 Å². The molecule has 1 aliphatic rings. The van der Waals surface area contributed by atoms with E-state index in [9.17, 15) is 47.9 Å². The van der Waals surface area contributed by atoms with Gasteiger partial charge in [-0.2, -0.15) is 0 Å². The van der Waals surface area contributed by atoms with E-state index in [2.05, 4.69) is 47.9 Å². The van der Waals surface area contributed by atoms with Crippen LogP contribution in [0.2, 0.25) is 0 Å². The van der Waals surface area contributed by atoms with Crippen molar-refractivity contribution in [1.82, 2.24) is 47.9 Å². The van der Waals surface area contributed by atoms with Gasteiger partial charge in [0.1, 0.15) is 30.2 Å². The molecule has 1 fully saturated rings. The number of nitrogens with two attached hydrogens (primary N) is 4. The van der Waals surface area contributed by atoms with Crippen molar-refractivity contribution in [2.24, 2.45) is 40.7 Å². The summed E-state index contributed by atoms with van der Waals surface area (Å²) in [6.07, 6.45) is 5.96. The first-order chi connectivity index (χ1) is 35.2. The molecule has 6 atom stereocenters. The third-order valence-electron chi connectivity index (χ3n) is 12.3. The van der Waals surface area contributed by atoms with Gasteiger partial charge in [0.05, 0.1) is 32.2 Å². The molecule has 17 N–H and O–H groups in total. The first-order valence-corrected chi connectivity index (χ1v) is 25.4. The molecule has 23 nitrogen and oxygen atoms in total. The molecule has 1 aliphatic carbocycles. The molecule has 0 radical (unpaired) electrons. The van der Waals surface area contributed by atoms with Gasteiger partial charge < -0.3 is 70.8 Å². The number of carbonyl (C=O) groups is 10. The van der Waals surface area contributed by atoms with Gasteiger partial charge in [0, 0.05) is 6.42 Å². The zero-order valence-corrected chi connectivity index (χ0v) is 43.1. The van der Waals surface area contributed by atoms with Crippen molar-refractivity contribution in [3.05, 3.63) is 60.2 Å². The maximum absolute atomic E-state index is 13.9. The molecule has 1 saturated carbocycles. The number of carbonyl (C=O) groups excluding carboxylic acids is 10. The third-order valence-corrected chi connectivity index (χ3v) is 12.3. The number of benzene rings is 2. The molecule has 0 spiro atoms. The van der Waals surface area contributed by atoms with E-state index < -0.39 is 127 Å². The lowest BCUT2D eigenvalue weighted by molar-refractivity contribution is -0.135. The highest BCUT2D eigenvalue weighted by molar-refractivity contribution is 5.97. The molecule has 0 heterocycles. The summed E-state index contributed by atoms with van der Waals surface area (Å²) in [5.74, 6) is -7.31. The lowest BCUT2D eigenvalue weighted by Gasteiger charge is -2.27. The second-order valence-corrected chi connectivity index (χ2v) is 19.4. The number of nitrogens with one attached hydrogen (secondary N) is 9. The third kappa shape index (κ3) is 22.4. The molecule has 2 aromatic carbocycles. The SMILES string of the molecule is CC(C)C[C@H](NC(=O)C(NC(=O)[C@H](CCN)NC(=O)CNC(=O)CNC(=O)[C@H](CCN)NC(=O)[C@H](Cc1ccc(-c2ccccc2)cc1)NC(=O)CNC(=O)C(N)CC1CCCCC1)C(C)C)C(=O)NCC(N)=O. The smallest absolute Gasteiger partial charge is 0.243 e. The van der Waals surface area contributed by atoms with Crippen molar-refractivity contribution in [3.63, 3.8) is 0 Å². The van der Waals surface area contributed by atoms with Crippen LogP contribution in [-0.2, 0) is 54.4 Å². The number of rotatable bonds is 31. The topological polar surface area (TPSA) is 383 Å². The second-order valence-electron chi connectivity index (χ2n) is 19.4. The van der Waals surface area contributed by atoms with Crippen LogP contribution < -0.4 is 70.8 Å². The fourth-order valence-corrected chi connectivity index (χ4v) is 8.31. The summed E-state index contributed by atoms with van der Waals surface area (Å²) < 4.78 is 0. The van der Waals surface area contributed by atoms with Gasteiger partial charge in [-0.25, -0.2) is 0 Å². The summed E-state index contributed by atoms with van der Waals surface area (Å²) in [6.45, 7) is 4.76. The highest BCUT2D eigenvalue weighted by Crippen LogP contribution is 2.27. The molecule has 0 saturated heterocycles. The minimum absolute atomic E-state index is 0.00437. The molecule has 74 heavy (non-hydrogen) atoms.